The fraction of sp³-hybridized carbons (Fsp3) is 0.318. The van der Waals surface area contributed by atoms with E-state index in [9.17, 15) is 9.59 Å². The van der Waals surface area contributed by atoms with Gasteiger partial charge in [-0.3, -0.25) is 9.59 Å². The zero-order chi connectivity index (χ0) is 23.0. The topological polar surface area (TPSA) is 89.0 Å². The van der Waals surface area contributed by atoms with E-state index in [2.05, 4.69) is 38.4 Å². The van der Waals surface area contributed by atoms with Gasteiger partial charge in [0.25, 0.3) is 11.8 Å². The van der Waals surface area contributed by atoms with E-state index in [4.69, 9.17) is 21.1 Å². The van der Waals surface area contributed by atoms with Crippen molar-refractivity contribution in [1.29, 1.82) is 0 Å². The highest BCUT2D eigenvalue weighted by molar-refractivity contribution is 14.1. The monoisotopic (exact) mass is 557 g/mol. The van der Waals surface area contributed by atoms with Gasteiger partial charge < -0.3 is 14.8 Å². The van der Waals surface area contributed by atoms with E-state index in [1.54, 1.807) is 37.4 Å². The van der Waals surface area contributed by atoms with Gasteiger partial charge in [-0.05, 0) is 65.3 Å². The summed E-state index contributed by atoms with van der Waals surface area (Å²) in [5.41, 5.74) is 3.52. The number of hydrogen-bond acceptors (Lipinski definition) is 5. The predicted octanol–water partition coefficient (Wildman–Crippen LogP) is 4.26. The maximum atomic E-state index is 12.6. The normalized spacial score (nSPS) is 12.0. The molecular weight excluding hydrogens is 533 g/mol. The molecule has 1 unspecified atom stereocenters. The number of hydrazone groups is 1. The van der Waals surface area contributed by atoms with Crippen molar-refractivity contribution in [1.82, 2.24) is 10.7 Å². The molecule has 2 rings (SSSR count). The first-order chi connectivity index (χ1) is 14.8. The van der Waals surface area contributed by atoms with Crippen molar-refractivity contribution in [2.45, 2.75) is 26.8 Å². The summed E-state index contributed by atoms with van der Waals surface area (Å²) in [4.78, 5) is 25.2. The van der Waals surface area contributed by atoms with E-state index in [0.717, 1.165) is 9.13 Å². The lowest BCUT2D eigenvalue weighted by atomic mass is 10.0. The Balaban J connectivity index is 2.10. The Morgan fingerprint density at radius 2 is 1.97 bits per heavy atom. The lowest BCUT2D eigenvalue weighted by Crippen LogP contribution is -2.48. The lowest BCUT2D eigenvalue weighted by Gasteiger charge is -2.20. The van der Waals surface area contributed by atoms with Crippen molar-refractivity contribution < 1.29 is 19.1 Å². The van der Waals surface area contributed by atoms with Gasteiger partial charge in [-0.15, -0.1) is 0 Å². The lowest BCUT2D eigenvalue weighted by molar-refractivity contribution is -0.123. The molecule has 0 spiro atoms. The van der Waals surface area contributed by atoms with Gasteiger partial charge in [0.1, 0.15) is 6.04 Å². The molecule has 0 aliphatic heterocycles. The number of amides is 2. The zero-order valence-corrected chi connectivity index (χ0v) is 20.7. The van der Waals surface area contributed by atoms with Gasteiger partial charge in [0.15, 0.2) is 11.5 Å². The van der Waals surface area contributed by atoms with Crippen molar-refractivity contribution in [2.24, 2.45) is 11.0 Å². The van der Waals surface area contributed by atoms with Crippen LogP contribution >= 0.6 is 34.2 Å². The highest BCUT2D eigenvalue weighted by Gasteiger charge is 2.25. The third-order valence-corrected chi connectivity index (χ3v) is 5.41. The first-order valence-electron chi connectivity index (χ1n) is 9.67. The van der Waals surface area contributed by atoms with Gasteiger partial charge in [0.05, 0.1) is 34.1 Å². The smallest absolute Gasteiger partial charge is 0.262 e. The maximum Gasteiger partial charge on any atom is 0.262 e. The molecule has 7 nitrogen and oxygen atoms in total. The molecule has 0 fully saturated rings. The zero-order valence-electron chi connectivity index (χ0n) is 17.7. The van der Waals surface area contributed by atoms with Crippen LogP contribution in [0.2, 0.25) is 5.02 Å². The van der Waals surface area contributed by atoms with Crippen molar-refractivity contribution in [3.63, 3.8) is 0 Å². The summed E-state index contributed by atoms with van der Waals surface area (Å²) < 4.78 is 11.8. The number of carbonyl (C=O) groups is 2. The SMILES string of the molecule is CCOc1c(I)cc(/C=N/NC(=O)C(NC(=O)c2ccccc2Cl)C(C)C)cc1OC. The second-order valence-corrected chi connectivity index (χ2v) is 8.45. The Bertz CT molecular complexity index is 966. The number of hydrogen-bond donors (Lipinski definition) is 2. The predicted molar refractivity (Wildman–Crippen MR) is 130 cm³/mol. The summed E-state index contributed by atoms with van der Waals surface area (Å²) in [5.74, 6) is 0.226. The Hall–Kier alpha value is -2.33. The highest BCUT2D eigenvalue weighted by atomic mass is 127. The summed E-state index contributed by atoms with van der Waals surface area (Å²) in [7, 11) is 1.56. The molecule has 31 heavy (non-hydrogen) atoms. The van der Waals surface area contributed by atoms with E-state index in [0.29, 0.717) is 28.7 Å². The fourth-order valence-electron chi connectivity index (χ4n) is 2.74. The number of benzene rings is 2. The van der Waals surface area contributed by atoms with E-state index >= 15 is 0 Å². The maximum absolute atomic E-state index is 12.6. The second-order valence-electron chi connectivity index (χ2n) is 6.88. The minimum Gasteiger partial charge on any atom is -0.493 e. The van der Waals surface area contributed by atoms with E-state index < -0.39 is 17.9 Å². The first-order valence-corrected chi connectivity index (χ1v) is 11.1. The van der Waals surface area contributed by atoms with Gasteiger partial charge in [0.2, 0.25) is 0 Å². The standard InChI is InChI=1S/C22H25ClIN3O4/c1-5-31-20-17(24)10-14(11-18(20)30-4)12-25-27-22(29)19(13(2)3)26-21(28)15-8-6-7-9-16(15)23/h6-13,19H,5H2,1-4H3,(H,26,28)(H,27,29)/b25-12+. The van der Waals surface area contributed by atoms with E-state index in [1.807, 2.05) is 26.8 Å². The minimum atomic E-state index is -0.782. The Morgan fingerprint density at radius 3 is 2.58 bits per heavy atom. The van der Waals surface area contributed by atoms with Crippen LogP contribution in [0.25, 0.3) is 0 Å². The Kier molecular flexibility index (Phi) is 9.57. The third kappa shape index (κ3) is 6.83. The van der Waals surface area contributed by atoms with Gasteiger partial charge in [0, 0.05) is 0 Å². The molecule has 0 radical (unpaired) electrons. The largest absolute Gasteiger partial charge is 0.493 e. The van der Waals surface area contributed by atoms with Crippen LogP contribution in [0.5, 0.6) is 11.5 Å². The van der Waals surface area contributed by atoms with Crippen LogP contribution in [0.3, 0.4) is 0 Å². The van der Waals surface area contributed by atoms with E-state index in [1.165, 1.54) is 6.21 Å². The van der Waals surface area contributed by atoms with Crippen molar-refractivity contribution in [3.8, 4) is 11.5 Å². The van der Waals surface area contributed by atoms with Crippen LogP contribution in [-0.2, 0) is 4.79 Å². The molecule has 2 aromatic carbocycles. The number of nitrogens with zero attached hydrogens (tertiary/aromatic N) is 1. The number of carbonyl (C=O) groups excluding carboxylic acids is 2. The summed E-state index contributed by atoms with van der Waals surface area (Å²) >= 11 is 8.23. The molecule has 166 valence electrons. The van der Waals surface area contributed by atoms with Crippen LogP contribution < -0.4 is 20.2 Å². The Morgan fingerprint density at radius 1 is 1.26 bits per heavy atom. The summed E-state index contributed by atoms with van der Waals surface area (Å²) in [6.45, 7) is 6.09. The number of halogens is 2. The molecule has 0 aliphatic carbocycles. The van der Waals surface area contributed by atoms with Crippen LogP contribution in [0.4, 0.5) is 0 Å². The Labute approximate surface area is 200 Å². The number of ether oxygens (including phenoxy) is 2. The molecule has 0 heterocycles. The highest BCUT2D eigenvalue weighted by Crippen LogP contribution is 2.33. The molecule has 0 saturated carbocycles. The molecule has 1 atom stereocenters. The average molecular weight is 558 g/mol. The van der Waals surface area contributed by atoms with Crippen LogP contribution in [0, 0.1) is 9.49 Å². The molecule has 0 saturated heterocycles. The molecule has 0 aliphatic rings. The van der Waals surface area contributed by atoms with Crippen molar-refractivity contribution >= 4 is 52.2 Å². The van der Waals surface area contributed by atoms with Crippen molar-refractivity contribution in [3.05, 3.63) is 56.1 Å². The second kappa shape index (κ2) is 11.9. The third-order valence-electron chi connectivity index (χ3n) is 4.28. The molecule has 0 aromatic heterocycles. The molecule has 9 heteroatoms. The summed E-state index contributed by atoms with van der Waals surface area (Å²) in [6.07, 6.45) is 1.51. The summed E-state index contributed by atoms with van der Waals surface area (Å²) in [6, 6.07) is 9.52. The average Bonchev–Trinajstić information content (AvgIpc) is 2.73. The van der Waals surface area contributed by atoms with Crippen molar-refractivity contribution in [2.75, 3.05) is 13.7 Å². The van der Waals surface area contributed by atoms with Gasteiger partial charge in [-0.2, -0.15) is 5.10 Å². The minimum absolute atomic E-state index is 0.159. The quantitative estimate of drug-likeness (QED) is 0.274. The number of nitrogens with one attached hydrogen (secondary N) is 2. The van der Waals surface area contributed by atoms with E-state index in [-0.39, 0.29) is 5.92 Å². The van der Waals surface area contributed by atoms with Gasteiger partial charge >= 0.3 is 0 Å². The fourth-order valence-corrected chi connectivity index (χ4v) is 3.74. The molecule has 0 bridgehead atoms. The first kappa shape index (κ1) is 24.9. The van der Waals surface area contributed by atoms with Crippen LogP contribution in [0.15, 0.2) is 41.5 Å². The molecule has 2 amide bonds. The number of methoxy groups -OCH3 is 1. The molecule has 2 N–H and O–H groups in total. The number of rotatable bonds is 9. The van der Waals surface area contributed by atoms with Crippen LogP contribution in [0.1, 0.15) is 36.7 Å². The van der Waals surface area contributed by atoms with Gasteiger partial charge in [-0.25, -0.2) is 5.43 Å². The molecular formula is C22H25ClIN3O4. The van der Waals surface area contributed by atoms with Crippen LogP contribution in [-0.4, -0.2) is 37.8 Å². The van der Waals surface area contributed by atoms with Gasteiger partial charge in [-0.1, -0.05) is 37.6 Å². The summed E-state index contributed by atoms with van der Waals surface area (Å²) in [5, 5.41) is 7.08. The molecule has 2 aromatic rings.